The number of furan rings is 1. The Labute approximate surface area is 55.1 Å². The molecule has 1 unspecified atom stereocenters. The van der Waals surface area contributed by atoms with Gasteiger partial charge in [0, 0.05) is 0 Å². The van der Waals surface area contributed by atoms with Crippen LogP contribution in [-0.2, 0) is 4.57 Å². The van der Waals surface area contributed by atoms with Crippen molar-refractivity contribution in [3.8, 4) is 17.4 Å². The molecule has 0 amide bonds. The summed E-state index contributed by atoms with van der Waals surface area (Å²) in [4.78, 5) is 0. The summed E-state index contributed by atoms with van der Waals surface area (Å²) in [5.74, 6) is 0.845. The van der Waals surface area contributed by atoms with Gasteiger partial charge in [0.2, 0.25) is 5.75 Å². The summed E-state index contributed by atoms with van der Waals surface area (Å²) in [6.45, 7) is 0. The Morgan fingerprint density at radius 3 is 2.80 bits per heavy atom. The number of phosphoric acid groups is 1. The number of phosphoric ester groups is 1. The molecule has 1 atom stereocenters. The van der Waals surface area contributed by atoms with Crippen LogP contribution in [-0.4, -0.2) is 0 Å². The van der Waals surface area contributed by atoms with Crippen molar-refractivity contribution in [1.29, 1.82) is 0 Å². The highest BCUT2D eigenvalue weighted by Gasteiger charge is 2.53. The van der Waals surface area contributed by atoms with Gasteiger partial charge >= 0.3 is 13.8 Å². The summed E-state index contributed by atoms with van der Waals surface area (Å²) in [5, 5.41) is 0. The lowest BCUT2D eigenvalue weighted by molar-refractivity contribution is 0.336. The Bertz CT molecular complexity index is 317. The van der Waals surface area contributed by atoms with Crippen molar-refractivity contribution in [1.82, 2.24) is 0 Å². The highest BCUT2D eigenvalue weighted by molar-refractivity contribution is 7.50. The summed E-state index contributed by atoms with van der Waals surface area (Å²) in [7, 11) is -3.29. The lowest BCUT2D eigenvalue weighted by atomic mass is 10.5. The molecule has 0 aromatic carbocycles. The molecule has 0 saturated heterocycles. The van der Waals surface area contributed by atoms with Crippen molar-refractivity contribution in [2.24, 2.45) is 0 Å². The second kappa shape index (κ2) is 1.06. The molecule has 3 rings (SSSR count). The highest BCUT2D eigenvalue weighted by atomic mass is 31.2. The Balaban J connectivity index is 2.45. The molecular weight excluding hydrogens is 159 g/mol. The third kappa shape index (κ3) is 0.333. The second-order valence-corrected chi connectivity index (χ2v) is 3.38. The van der Waals surface area contributed by atoms with Gasteiger partial charge in [-0.05, 0) is 0 Å². The molecule has 3 heterocycles. The molecule has 0 spiro atoms. The van der Waals surface area contributed by atoms with Crippen LogP contribution in [0, 0.1) is 0 Å². The SMILES string of the molecule is O=P12Oc3coc(c3O1)O2. The molecule has 0 N–H and O–H groups in total. The summed E-state index contributed by atoms with van der Waals surface area (Å²) >= 11 is 0. The van der Waals surface area contributed by atoms with E-state index in [0.29, 0.717) is 11.5 Å². The van der Waals surface area contributed by atoms with Crippen LogP contribution < -0.4 is 13.6 Å². The van der Waals surface area contributed by atoms with Gasteiger partial charge in [-0.25, -0.2) is 0 Å². The van der Waals surface area contributed by atoms with Gasteiger partial charge in [0.05, 0.1) is 0 Å². The first-order valence-corrected chi connectivity index (χ1v) is 4.03. The zero-order chi connectivity index (χ0) is 6.77. The molecule has 6 heteroatoms. The van der Waals surface area contributed by atoms with E-state index in [1.54, 1.807) is 0 Å². The standard InChI is InChI=1S/C4HO5P/c5-10-7-2-1-6-4(9-10)3(2)8-10/h1H. The van der Waals surface area contributed by atoms with Gasteiger partial charge in [-0.3, -0.25) is 0 Å². The Morgan fingerprint density at radius 1 is 1.30 bits per heavy atom. The fourth-order valence-electron chi connectivity index (χ4n) is 0.913. The van der Waals surface area contributed by atoms with E-state index in [1.165, 1.54) is 6.26 Å². The number of rotatable bonds is 0. The normalized spacial score (nSPS) is 31.2. The molecule has 0 saturated carbocycles. The van der Waals surface area contributed by atoms with E-state index < -0.39 is 7.82 Å². The smallest absolute Gasteiger partial charge is 0.427 e. The van der Waals surface area contributed by atoms with E-state index in [2.05, 4.69) is 4.52 Å². The Morgan fingerprint density at radius 2 is 2.20 bits per heavy atom. The molecule has 0 fully saturated rings. The lowest BCUT2D eigenvalue weighted by Gasteiger charge is -2.00. The molecule has 1 aromatic heterocycles. The monoisotopic (exact) mass is 160 g/mol. The topological polar surface area (TPSA) is 57.9 Å². The van der Waals surface area contributed by atoms with Crippen LogP contribution >= 0.6 is 7.82 Å². The third-order valence-corrected chi connectivity index (χ3v) is 2.51. The van der Waals surface area contributed by atoms with E-state index in [1.807, 2.05) is 0 Å². The number of hydrogen-bond donors (Lipinski definition) is 0. The summed E-state index contributed by atoms with van der Waals surface area (Å²) in [6.07, 6.45) is 1.30. The quantitative estimate of drug-likeness (QED) is 0.538. The fourth-order valence-corrected chi connectivity index (χ4v) is 2.11. The molecule has 2 aliphatic rings. The first-order chi connectivity index (χ1) is 4.77. The summed E-state index contributed by atoms with van der Waals surface area (Å²) < 4.78 is 30.0. The van der Waals surface area contributed by atoms with Crippen molar-refractivity contribution in [3.63, 3.8) is 0 Å². The summed E-state index contributed by atoms with van der Waals surface area (Å²) in [6, 6.07) is 0. The Kier molecular flexibility index (Phi) is 0.495. The van der Waals surface area contributed by atoms with Crippen molar-refractivity contribution < 1.29 is 22.6 Å². The molecular formula is C4HO5P. The maximum atomic E-state index is 11.1. The predicted molar refractivity (Wildman–Crippen MR) is 28.2 cm³/mol. The maximum absolute atomic E-state index is 11.1. The van der Waals surface area contributed by atoms with E-state index in [-0.39, 0.29) is 5.95 Å². The first kappa shape index (κ1) is 4.68. The van der Waals surface area contributed by atoms with E-state index >= 15 is 0 Å². The van der Waals surface area contributed by atoms with Crippen molar-refractivity contribution in [2.75, 3.05) is 0 Å². The van der Waals surface area contributed by atoms with Crippen molar-refractivity contribution in [2.45, 2.75) is 0 Å². The molecule has 52 valence electrons. The van der Waals surface area contributed by atoms with E-state index in [4.69, 9.17) is 13.5 Å². The lowest BCUT2D eigenvalue weighted by Crippen LogP contribution is -1.94. The minimum Gasteiger partial charge on any atom is -0.427 e. The van der Waals surface area contributed by atoms with Crippen molar-refractivity contribution >= 4 is 7.82 Å². The predicted octanol–water partition coefficient (Wildman–Crippen LogP) is 1.55. The third-order valence-electron chi connectivity index (χ3n) is 1.29. The van der Waals surface area contributed by atoms with Crippen LogP contribution in [0.4, 0.5) is 0 Å². The van der Waals surface area contributed by atoms with Gasteiger partial charge in [-0.15, -0.1) is 0 Å². The van der Waals surface area contributed by atoms with Gasteiger partial charge in [0.25, 0.3) is 5.75 Å². The maximum Gasteiger partial charge on any atom is 0.650 e. The molecule has 1 aromatic rings. The minimum atomic E-state index is -3.29. The van der Waals surface area contributed by atoms with Crippen LogP contribution in [0.5, 0.6) is 17.4 Å². The van der Waals surface area contributed by atoms with E-state index in [9.17, 15) is 4.57 Å². The van der Waals surface area contributed by atoms with Gasteiger partial charge in [0.1, 0.15) is 6.26 Å². The number of fused-ring (bicyclic) bond motifs is 1. The molecule has 0 radical (unpaired) electrons. The van der Waals surface area contributed by atoms with Crippen LogP contribution in [0.25, 0.3) is 0 Å². The molecule has 5 nitrogen and oxygen atoms in total. The molecule has 2 bridgehead atoms. The average Bonchev–Trinajstić information content (AvgIpc) is 2.35. The van der Waals surface area contributed by atoms with Gasteiger partial charge in [0.15, 0.2) is 0 Å². The zero-order valence-electron chi connectivity index (χ0n) is 4.57. The average molecular weight is 160 g/mol. The zero-order valence-corrected chi connectivity index (χ0v) is 5.46. The number of hydrogen-bond acceptors (Lipinski definition) is 5. The fraction of sp³-hybridized carbons (Fsp3) is 0. The summed E-state index contributed by atoms with van der Waals surface area (Å²) in [5.41, 5.74) is 0. The second-order valence-electron chi connectivity index (χ2n) is 1.94. The first-order valence-electron chi connectivity index (χ1n) is 2.57. The van der Waals surface area contributed by atoms with Gasteiger partial charge < -0.3 is 18.0 Å². The van der Waals surface area contributed by atoms with Gasteiger partial charge in [-0.2, -0.15) is 4.57 Å². The van der Waals surface area contributed by atoms with E-state index in [0.717, 1.165) is 0 Å². The van der Waals surface area contributed by atoms with Crippen LogP contribution in [0.1, 0.15) is 0 Å². The van der Waals surface area contributed by atoms with Gasteiger partial charge in [-0.1, -0.05) is 0 Å². The van der Waals surface area contributed by atoms with Crippen molar-refractivity contribution in [3.05, 3.63) is 6.26 Å². The highest BCUT2D eigenvalue weighted by Crippen LogP contribution is 2.69. The molecule has 0 aliphatic carbocycles. The van der Waals surface area contributed by atoms with Crippen LogP contribution in [0.3, 0.4) is 0 Å². The molecule has 10 heavy (non-hydrogen) atoms. The molecule has 2 aliphatic heterocycles. The van der Waals surface area contributed by atoms with Crippen LogP contribution in [0.15, 0.2) is 10.7 Å². The minimum absolute atomic E-state index is 0.157. The van der Waals surface area contributed by atoms with Crippen LogP contribution in [0.2, 0.25) is 0 Å². The Hall–Kier alpha value is -1.09. The largest absolute Gasteiger partial charge is 0.650 e.